The summed E-state index contributed by atoms with van der Waals surface area (Å²) >= 11 is 6.04. The van der Waals surface area contributed by atoms with Crippen LogP contribution >= 0.6 is 11.6 Å². The van der Waals surface area contributed by atoms with Crippen molar-refractivity contribution >= 4 is 17.5 Å². The molecule has 0 unspecified atom stereocenters. The highest BCUT2D eigenvalue weighted by Crippen LogP contribution is 2.15. The van der Waals surface area contributed by atoms with E-state index in [1.165, 1.54) is 16.7 Å². The van der Waals surface area contributed by atoms with E-state index in [9.17, 15) is 4.79 Å². The first-order valence-corrected chi connectivity index (χ1v) is 9.24. The van der Waals surface area contributed by atoms with E-state index in [-0.39, 0.29) is 5.91 Å². The highest BCUT2D eigenvalue weighted by Gasteiger charge is 2.22. The summed E-state index contributed by atoms with van der Waals surface area (Å²) in [5.74, 6) is 0.151. The largest absolute Gasteiger partial charge is 0.336 e. The van der Waals surface area contributed by atoms with Gasteiger partial charge in [0.2, 0.25) is 0 Å². The monoisotopic (exact) mass is 356 g/mol. The Morgan fingerprint density at radius 3 is 2.44 bits per heavy atom. The molecule has 0 saturated carbocycles. The number of hydrogen-bond acceptors (Lipinski definition) is 2. The second-order valence-corrected chi connectivity index (χ2v) is 7.25. The Hall–Kier alpha value is -1.84. The lowest BCUT2D eigenvalue weighted by Gasteiger charge is -2.35. The van der Waals surface area contributed by atoms with Crippen LogP contribution < -0.4 is 0 Å². The second kappa shape index (κ2) is 8.03. The lowest BCUT2D eigenvalue weighted by molar-refractivity contribution is 0.0638. The summed E-state index contributed by atoms with van der Waals surface area (Å²) in [4.78, 5) is 17.1. The molecule has 0 radical (unpaired) electrons. The molecule has 0 spiro atoms. The Labute approximate surface area is 155 Å². The number of benzene rings is 2. The first-order chi connectivity index (χ1) is 12.0. The molecule has 1 aliphatic rings. The molecule has 3 nitrogen and oxygen atoms in total. The Kier molecular flexibility index (Phi) is 5.77. The maximum absolute atomic E-state index is 12.7. The molecule has 0 N–H and O–H groups in total. The van der Waals surface area contributed by atoms with Gasteiger partial charge in [0.05, 0.1) is 0 Å². The zero-order valence-electron chi connectivity index (χ0n) is 15.0. The average Bonchev–Trinajstić information content (AvgIpc) is 2.62. The highest BCUT2D eigenvalue weighted by atomic mass is 35.5. The predicted molar refractivity (Wildman–Crippen MR) is 103 cm³/mol. The molecule has 4 heteroatoms. The minimum atomic E-state index is 0.151. The lowest BCUT2D eigenvalue weighted by Crippen LogP contribution is -2.49. The molecule has 0 aromatic heterocycles. The predicted octanol–water partition coefficient (Wildman–Crippen LogP) is 3.96. The van der Waals surface area contributed by atoms with Gasteiger partial charge in [0.15, 0.2) is 0 Å². The molecule has 25 heavy (non-hydrogen) atoms. The number of amides is 1. The van der Waals surface area contributed by atoms with E-state index in [1.807, 2.05) is 41.3 Å². The van der Waals surface area contributed by atoms with E-state index in [1.54, 1.807) is 0 Å². The Bertz CT molecular complexity index is 751. The molecule has 1 heterocycles. The molecule has 0 aliphatic carbocycles. The van der Waals surface area contributed by atoms with Crippen molar-refractivity contribution in [3.63, 3.8) is 0 Å². The average molecular weight is 357 g/mol. The van der Waals surface area contributed by atoms with E-state index in [4.69, 9.17) is 11.6 Å². The summed E-state index contributed by atoms with van der Waals surface area (Å²) in [5.41, 5.74) is 4.46. The maximum Gasteiger partial charge on any atom is 0.253 e. The van der Waals surface area contributed by atoms with Crippen molar-refractivity contribution < 1.29 is 4.79 Å². The Balaban J connectivity index is 1.51. The number of rotatable bonds is 4. The zero-order chi connectivity index (χ0) is 17.8. The number of aryl methyl sites for hydroxylation is 2. The van der Waals surface area contributed by atoms with E-state index < -0.39 is 0 Å². The van der Waals surface area contributed by atoms with Crippen LogP contribution in [-0.4, -0.2) is 48.4 Å². The van der Waals surface area contributed by atoms with Crippen LogP contribution in [0.2, 0.25) is 5.02 Å². The van der Waals surface area contributed by atoms with Crippen LogP contribution in [0.4, 0.5) is 0 Å². The normalized spacial score (nSPS) is 15.4. The van der Waals surface area contributed by atoms with Gasteiger partial charge >= 0.3 is 0 Å². The summed E-state index contributed by atoms with van der Waals surface area (Å²) in [5, 5.41) is 0.793. The molecular formula is C21H25ClN2O. The van der Waals surface area contributed by atoms with Gasteiger partial charge in [-0.3, -0.25) is 9.69 Å². The Morgan fingerprint density at radius 1 is 1.00 bits per heavy atom. The standard InChI is InChI=1S/C21H25ClN2O/c1-16-6-7-19(14-17(16)2)21(25)24-12-10-23(11-13-24)9-8-18-4-3-5-20(22)15-18/h3-7,14-15H,8-13H2,1-2H3. The van der Waals surface area contributed by atoms with Crippen molar-refractivity contribution in [1.29, 1.82) is 0 Å². The molecular weight excluding hydrogens is 332 g/mol. The van der Waals surface area contributed by atoms with E-state index in [2.05, 4.69) is 24.8 Å². The molecule has 0 bridgehead atoms. The van der Waals surface area contributed by atoms with Crippen LogP contribution in [0.15, 0.2) is 42.5 Å². The molecule has 2 aromatic carbocycles. The number of carbonyl (C=O) groups excluding carboxylic acids is 1. The van der Waals surface area contributed by atoms with Crippen molar-refractivity contribution in [1.82, 2.24) is 9.80 Å². The van der Waals surface area contributed by atoms with Crippen molar-refractivity contribution in [2.24, 2.45) is 0 Å². The summed E-state index contributed by atoms with van der Waals surface area (Å²) in [7, 11) is 0. The van der Waals surface area contributed by atoms with Crippen molar-refractivity contribution in [3.05, 3.63) is 69.7 Å². The molecule has 1 saturated heterocycles. The minimum Gasteiger partial charge on any atom is -0.336 e. The van der Waals surface area contributed by atoms with E-state index in [0.717, 1.165) is 49.7 Å². The quantitative estimate of drug-likeness (QED) is 0.827. The molecule has 132 valence electrons. The summed E-state index contributed by atoms with van der Waals surface area (Å²) in [6.45, 7) is 8.57. The number of piperazine rings is 1. The molecule has 1 amide bonds. The minimum absolute atomic E-state index is 0.151. The van der Waals surface area contributed by atoms with Gasteiger partial charge in [-0.25, -0.2) is 0 Å². The molecule has 1 aliphatic heterocycles. The topological polar surface area (TPSA) is 23.6 Å². The number of carbonyl (C=O) groups is 1. The van der Waals surface area contributed by atoms with Crippen LogP contribution in [-0.2, 0) is 6.42 Å². The Morgan fingerprint density at radius 2 is 1.76 bits per heavy atom. The first-order valence-electron chi connectivity index (χ1n) is 8.86. The van der Waals surface area contributed by atoms with Gasteiger partial charge in [-0.2, -0.15) is 0 Å². The summed E-state index contributed by atoms with van der Waals surface area (Å²) in [6.07, 6.45) is 0.992. The third-order valence-electron chi connectivity index (χ3n) is 5.02. The maximum atomic E-state index is 12.7. The fraction of sp³-hybridized carbons (Fsp3) is 0.381. The molecule has 1 fully saturated rings. The van der Waals surface area contributed by atoms with E-state index in [0.29, 0.717) is 0 Å². The fourth-order valence-corrected chi connectivity index (χ4v) is 3.42. The van der Waals surface area contributed by atoms with Crippen molar-refractivity contribution in [2.45, 2.75) is 20.3 Å². The number of hydrogen-bond donors (Lipinski definition) is 0. The van der Waals surface area contributed by atoms with Crippen LogP contribution in [0.1, 0.15) is 27.0 Å². The first kappa shape index (κ1) is 18.0. The third kappa shape index (κ3) is 4.62. The van der Waals surface area contributed by atoms with Gasteiger partial charge in [0, 0.05) is 43.3 Å². The van der Waals surface area contributed by atoms with Gasteiger partial charge in [-0.15, -0.1) is 0 Å². The van der Waals surface area contributed by atoms with Crippen molar-refractivity contribution in [3.8, 4) is 0 Å². The van der Waals surface area contributed by atoms with Gasteiger partial charge in [-0.1, -0.05) is 29.8 Å². The molecule has 3 rings (SSSR count). The fourth-order valence-electron chi connectivity index (χ4n) is 3.21. The van der Waals surface area contributed by atoms with Gasteiger partial charge in [-0.05, 0) is 61.2 Å². The SMILES string of the molecule is Cc1ccc(C(=O)N2CCN(CCc3cccc(Cl)c3)CC2)cc1C. The van der Waals surface area contributed by atoms with Crippen molar-refractivity contribution in [2.75, 3.05) is 32.7 Å². The number of halogens is 1. The lowest BCUT2D eigenvalue weighted by atomic mass is 10.1. The van der Waals surface area contributed by atoms with Crippen LogP contribution in [0, 0.1) is 13.8 Å². The summed E-state index contributed by atoms with van der Waals surface area (Å²) < 4.78 is 0. The van der Waals surface area contributed by atoms with Crippen LogP contribution in [0.3, 0.4) is 0 Å². The van der Waals surface area contributed by atoms with E-state index >= 15 is 0 Å². The number of nitrogens with zero attached hydrogens (tertiary/aromatic N) is 2. The van der Waals surface area contributed by atoms with Gasteiger partial charge < -0.3 is 4.90 Å². The van der Waals surface area contributed by atoms with Gasteiger partial charge in [0.1, 0.15) is 0 Å². The highest BCUT2D eigenvalue weighted by molar-refractivity contribution is 6.30. The second-order valence-electron chi connectivity index (χ2n) is 6.81. The molecule has 0 atom stereocenters. The summed E-state index contributed by atoms with van der Waals surface area (Å²) in [6, 6.07) is 14.0. The third-order valence-corrected chi connectivity index (χ3v) is 5.25. The molecule has 2 aromatic rings. The van der Waals surface area contributed by atoms with Crippen LogP contribution in [0.25, 0.3) is 0 Å². The van der Waals surface area contributed by atoms with Crippen LogP contribution in [0.5, 0.6) is 0 Å². The zero-order valence-corrected chi connectivity index (χ0v) is 15.7. The smallest absolute Gasteiger partial charge is 0.253 e. The van der Waals surface area contributed by atoms with Gasteiger partial charge in [0.25, 0.3) is 5.91 Å².